The van der Waals surface area contributed by atoms with Crippen LogP contribution in [-0.2, 0) is 16.0 Å². The van der Waals surface area contributed by atoms with Gasteiger partial charge in [-0.25, -0.2) is 0 Å². The van der Waals surface area contributed by atoms with Crippen molar-refractivity contribution < 1.29 is 14.7 Å². The Bertz CT molecular complexity index is 838. The minimum absolute atomic E-state index is 0.0759. The fourth-order valence-electron chi connectivity index (χ4n) is 3.68. The molecule has 5 nitrogen and oxygen atoms in total. The third-order valence-electron chi connectivity index (χ3n) is 5.21. The highest BCUT2D eigenvalue weighted by atomic mass is 35.5. The summed E-state index contributed by atoms with van der Waals surface area (Å²) in [7, 11) is 0. The maximum Gasteiger partial charge on any atom is 0.235 e. The Morgan fingerprint density at radius 1 is 1.20 bits per heavy atom. The van der Waals surface area contributed by atoms with Gasteiger partial charge in [0.25, 0.3) is 0 Å². The SMILES string of the molecule is O=C(CCl)NCSCC(Cc1ccccc1)C(=O)NC1C2=C(C=CCC=C2)CC1O. The van der Waals surface area contributed by atoms with Crippen molar-refractivity contribution in [2.45, 2.75) is 31.4 Å². The summed E-state index contributed by atoms with van der Waals surface area (Å²) in [4.78, 5) is 24.5. The quantitative estimate of drug-likeness (QED) is 0.309. The minimum atomic E-state index is -0.626. The van der Waals surface area contributed by atoms with E-state index in [1.165, 1.54) is 11.8 Å². The minimum Gasteiger partial charge on any atom is -0.390 e. The van der Waals surface area contributed by atoms with Crippen LogP contribution in [0.2, 0.25) is 0 Å². The number of allylic oxidation sites excluding steroid dienone is 3. The van der Waals surface area contributed by atoms with Gasteiger partial charge in [-0.05, 0) is 29.6 Å². The van der Waals surface area contributed by atoms with E-state index in [2.05, 4.69) is 16.7 Å². The van der Waals surface area contributed by atoms with E-state index in [9.17, 15) is 14.7 Å². The Hall–Kier alpha value is -2.02. The molecule has 1 aromatic rings. The first kappa shape index (κ1) is 22.7. The molecule has 3 N–H and O–H groups in total. The number of benzene rings is 1. The second-order valence-electron chi connectivity index (χ2n) is 7.41. The lowest BCUT2D eigenvalue weighted by molar-refractivity contribution is -0.125. The van der Waals surface area contributed by atoms with Gasteiger partial charge in [0.15, 0.2) is 0 Å². The van der Waals surface area contributed by atoms with Crippen molar-refractivity contribution in [2.75, 3.05) is 17.5 Å². The molecule has 2 aliphatic carbocycles. The van der Waals surface area contributed by atoms with Crippen LogP contribution in [-0.4, -0.2) is 46.6 Å². The molecule has 0 aliphatic heterocycles. The molecule has 0 spiro atoms. The molecule has 1 aromatic carbocycles. The predicted molar refractivity (Wildman–Crippen MR) is 122 cm³/mol. The van der Waals surface area contributed by atoms with Crippen LogP contribution in [0.25, 0.3) is 0 Å². The average molecular weight is 447 g/mol. The molecular weight excluding hydrogens is 420 g/mol. The number of hydrogen-bond donors (Lipinski definition) is 3. The van der Waals surface area contributed by atoms with Crippen molar-refractivity contribution in [3.63, 3.8) is 0 Å². The molecule has 3 atom stereocenters. The summed E-state index contributed by atoms with van der Waals surface area (Å²) < 4.78 is 0. The van der Waals surface area contributed by atoms with Gasteiger partial charge in [-0.3, -0.25) is 9.59 Å². The highest BCUT2D eigenvalue weighted by Gasteiger charge is 2.34. The second-order valence-corrected chi connectivity index (χ2v) is 8.71. The van der Waals surface area contributed by atoms with E-state index in [0.29, 0.717) is 24.5 Å². The summed E-state index contributed by atoms with van der Waals surface area (Å²) in [5.74, 6) is 0.275. The zero-order chi connectivity index (χ0) is 21.3. The van der Waals surface area contributed by atoms with Gasteiger partial charge in [0.2, 0.25) is 11.8 Å². The van der Waals surface area contributed by atoms with Crippen molar-refractivity contribution in [1.82, 2.24) is 10.6 Å². The van der Waals surface area contributed by atoms with Gasteiger partial charge in [-0.2, -0.15) is 0 Å². The van der Waals surface area contributed by atoms with E-state index in [-0.39, 0.29) is 23.6 Å². The van der Waals surface area contributed by atoms with Gasteiger partial charge in [0.05, 0.1) is 23.9 Å². The van der Waals surface area contributed by atoms with Gasteiger partial charge >= 0.3 is 0 Å². The highest BCUT2D eigenvalue weighted by Crippen LogP contribution is 2.31. The van der Waals surface area contributed by atoms with Gasteiger partial charge < -0.3 is 15.7 Å². The van der Waals surface area contributed by atoms with Crippen LogP contribution < -0.4 is 10.6 Å². The molecule has 3 rings (SSSR count). The fraction of sp³-hybridized carbons (Fsp3) is 0.391. The third-order valence-corrected chi connectivity index (χ3v) is 6.44. The van der Waals surface area contributed by atoms with Crippen LogP contribution in [0, 0.1) is 5.92 Å². The summed E-state index contributed by atoms with van der Waals surface area (Å²) in [5, 5.41) is 16.3. The second kappa shape index (κ2) is 11.4. The van der Waals surface area contributed by atoms with Crippen LogP contribution in [0.15, 0.2) is 65.8 Å². The van der Waals surface area contributed by atoms with E-state index in [1.54, 1.807) is 0 Å². The molecule has 0 radical (unpaired) electrons. The summed E-state index contributed by atoms with van der Waals surface area (Å²) >= 11 is 6.99. The van der Waals surface area contributed by atoms with Crippen molar-refractivity contribution >= 4 is 35.2 Å². The lowest BCUT2D eigenvalue weighted by Gasteiger charge is -2.23. The number of carbonyl (C=O) groups excluding carboxylic acids is 2. The molecule has 0 fully saturated rings. The van der Waals surface area contributed by atoms with Gasteiger partial charge in [0, 0.05) is 12.2 Å². The Balaban J connectivity index is 1.67. The lowest BCUT2D eigenvalue weighted by atomic mass is 9.98. The fourth-order valence-corrected chi connectivity index (χ4v) is 4.71. The normalized spacial score (nSPS) is 21.1. The zero-order valence-corrected chi connectivity index (χ0v) is 18.3. The van der Waals surface area contributed by atoms with Crippen LogP contribution in [0.5, 0.6) is 0 Å². The predicted octanol–water partition coefficient (Wildman–Crippen LogP) is 2.95. The van der Waals surface area contributed by atoms with Gasteiger partial charge in [-0.15, -0.1) is 23.4 Å². The van der Waals surface area contributed by atoms with E-state index in [0.717, 1.165) is 23.1 Å². The number of amides is 2. The van der Waals surface area contributed by atoms with Gasteiger partial charge in [-0.1, -0.05) is 54.6 Å². The largest absolute Gasteiger partial charge is 0.390 e. The molecule has 2 aliphatic rings. The maximum atomic E-state index is 13.2. The molecule has 0 aromatic heterocycles. The van der Waals surface area contributed by atoms with E-state index in [1.807, 2.05) is 48.6 Å². The van der Waals surface area contributed by atoms with E-state index < -0.39 is 12.1 Å². The highest BCUT2D eigenvalue weighted by molar-refractivity contribution is 7.99. The van der Waals surface area contributed by atoms with Crippen molar-refractivity contribution in [1.29, 1.82) is 0 Å². The molecule has 3 unspecified atom stereocenters. The maximum absolute atomic E-state index is 13.2. The first-order valence-corrected chi connectivity index (χ1v) is 11.8. The molecule has 0 heterocycles. The number of aliphatic hydroxyl groups excluding tert-OH is 1. The molecule has 0 saturated carbocycles. The number of aliphatic hydroxyl groups is 1. The van der Waals surface area contributed by atoms with Crippen molar-refractivity contribution in [3.8, 4) is 0 Å². The number of carbonyl (C=O) groups is 2. The number of nitrogens with one attached hydrogen (secondary N) is 2. The monoisotopic (exact) mass is 446 g/mol. The summed E-state index contributed by atoms with van der Waals surface area (Å²) in [6.45, 7) is 0. The number of rotatable bonds is 9. The Kier molecular flexibility index (Phi) is 8.61. The van der Waals surface area contributed by atoms with E-state index in [4.69, 9.17) is 11.6 Å². The van der Waals surface area contributed by atoms with Crippen LogP contribution in [0.1, 0.15) is 18.4 Å². The Labute approximate surface area is 186 Å². The lowest BCUT2D eigenvalue weighted by Crippen LogP contribution is -2.45. The molecule has 0 saturated heterocycles. The summed E-state index contributed by atoms with van der Waals surface area (Å²) in [6, 6.07) is 9.47. The van der Waals surface area contributed by atoms with Crippen LogP contribution in [0.4, 0.5) is 0 Å². The standard InChI is InChI=1S/C23H27ClN2O3S/c24-13-21(28)25-15-30-14-18(11-16-7-3-1-4-8-16)23(29)26-22-19-10-6-2-5-9-17(19)12-20(22)27/h1,3-10,18,20,22,27H,2,11-15H2,(H,25,28)(H,26,29). The Morgan fingerprint density at radius 2 is 1.97 bits per heavy atom. The number of thioether (sulfide) groups is 1. The smallest absolute Gasteiger partial charge is 0.235 e. The first-order valence-electron chi connectivity index (χ1n) is 10.1. The Morgan fingerprint density at radius 3 is 2.73 bits per heavy atom. The third kappa shape index (κ3) is 6.24. The van der Waals surface area contributed by atoms with Gasteiger partial charge in [0.1, 0.15) is 5.88 Å². The molecule has 160 valence electrons. The van der Waals surface area contributed by atoms with Crippen molar-refractivity contribution in [3.05, 3.63) is 71.3 Å². The van der Waals surface area contributed by atoms with Crippen molar-refractivity contribution in [2.24, 2.45) is 5.92 Å². The van der Waals surface area contributed by atoms with Crippen LogP contribution in [0.3, 0.4) is 0 Å². The molecule has 2 amide bonds. The molecular formula is C23H27ClN2O3S. The topological polar surface area (TPSA) is 78.4 Å². The molecule has 30 heavy (non-hydrogen) atoms. The van der Waals surface area contributed by atoms with E-state index >= 15 is 0 Å². The number of halogens is 1. The number of alkyl halides is 1. The first-order chi connectivity index (χ1) is 14.6. The number of hydrogen-bond acceptors (Lipinski definition) is 4. The molecule has 7 heteroatoms. The van der Waals surface area contributed by atoms with Crippen LogP contribution >= 0.6 is 23.4 Å². The summed E-state index contributed by atoms with van der Waals surface area (Å²) in [6.07, 6.45) is 9.54. The summed E-state index contributed by atoms with van der Waals surface area (Å²) in [5.41, 5.74) is 3.15. The average Bonchev–Trinajstić information content (AvgIpc) is 2.91. The molecule has 0 bridgehead atoms. The zero-order valence-electron chi connectivity index (χ0n) is 16.7.